The van der Waals surface area contributed by atoms with Crippen LogP contribution in [0.3, 0.4) is 0 Å². The minimum absolute atomic E-state index is 0.204. The number of hydrogen-bond donors (Lipinski definition) is 1. The number of nitrogens with zero attached hydrogens (tertiary/aromatic N) is 1. The SMILES string of the molecule is O=C(Nc1ccc(Oc2ccncc2)cc1)c1cc(Cl)ccc1I. The largest absolute Gasteiger partial charge is 0.457 e. The Labute approximate surface area is 158 Å². The Hall–Kier alpha value is -2.12. The normalized spacial score (nSPS) is 10.2. The molecule has 0 atom stereocenters. The second-order valence-corrected chi connectivity index (χ2v) is 6.49. The van der Waals surface area contributed by atoms with Crippen molar-refractivity contribution in [1.29, 1.82) is 0 Å². The number of ether oxygens (including phenoxy) is 1. The van der Waals surface area contributed by atoms with Crippen LogP contribution in [0, 0.1) is 3.57 Å². The number of carbonyl (C=O) groups is 1. The summed E-state index contributed by atoms with van der Waals surface area (Å²) in [6, 6.07) is 15.9. The van der Waals surface area contributed by atoms with Crippen LogP contribution >= 0.6 is 34.2 Å². The molecule has 0 saturated heterocycles. The Kier molecular flexibility index (Phi) is 5.32. The minimum Gasteiger partial charge on any atom is -0.457 e. The van der Waals surface area contributed by atoms with Crippen molar-refractivity contribution in [1.82, 2.24) is 4.98 Å². The quantitative estimate of drug-likeness (QED) is 0.543. The molecule has 0 fully saturated rings. The topological polar surface area (TPSA) is 51.2 Å². The maximum Gasteiger partial charge on any atom is 0.256 e. The van der Waals surface area contributed by atoms with E-state index in [1.54, 1.807) is 60.9 Å². The number of carbonyl (C=O) groups excluding carboxylic acids is 1. The average Bonchev–Trinajstić information content (AvgIpc) is 2.59. The molecule has 0 aliphatic carbocycles. The zero-order valence-electron chi connectivity index (χ0n) is 12.4. The number of halogens is 2. The number of anilines is 1. The van der Waals surface area contributed by atoms with Crippen LogP contribution in [0.25, 0.3) is 0 Å². The lowest BCUT2D eigenvalue weighted by atomic mass is 10.2. The van der Waals surface area contributed by atoms with Crippen LogP contribution in [0.4, 0.5) is 5.69 Å². The highest BCUT2D eigenvalue weighted by Crippen LogP contribution is 2.23. The molecule has 0 saturated carbocycles. The molecule has 6 heteroatoms. The van der Waals surface area contributed by atoms with Gasteiger partial charge in [-0.15, -0.1) is 0 Å². The second kappa shape index (κ2) is 7.63. The van der Waals surface area contributed by atoms with Crippen LogP contribution in [-0.2, 0) is 0 Å². The smallest absolute Gasteiger partial charge is 0.256 e. The third-order valence-corrected chi connectivity index (χ3v) is 4.35. The Morgan fingerprint density at radius 3 is 2.38 bits per heavy atom. The van der Waals surface area contributed by atoms with Crippen LogP contribution in [0.1, 0.15) is 10.4 Å². The molecular formula is C18H12ClIN2O2. The van der Waals surface area contributed by atoms with E-state index in [9.17, 15) is 4.79 Å². The zero-order valence-corrected chi connectivity index (χ0v) is 15.3. The van der Waals surface area contributed by atoms with Gasteiger partial charge in [0.05, 0.1) is 5.56 Å². The van der Waals surface area contributed by atoms with Gasteiger partial charge in [0.15, 0.2) is 0 Å². The van der Waals surface area contributed by atoms with Crippen molar-refractivity contribution in [3.8, 4) is 11.5 Å². The Balaban J connectivity index is 1.70. The zero-order chi connectivity index (χ0) is 16.9. The summed E-state index contributed by atoms with van der Waals surface area (Å²) in [6.45, 7) is 0. The minimum atomic E-state index is -0.204. The molecule has 1 N–H and O–H groups in total. The van der Waals surface area contributed by atoms with Gasteiger partial charge in [-0.2, -0.15) is 0 Å². The lowest BCUT2D eigenvalue weighted by molar-refractivity contribution is 0.102. The molecule has 4 nitrogen and oxygen atoms in total. The van der Waals surface area contributed by atoms with Gasteiger partial charge in [-0.1, -0.05) is 11.6 Å². The average molecular weight is 451 g/mol. The first kappa shape index (κ1) is 16.7. The first-order valence-electron chi connectivity index (χ1n) is 7.06. The number of benzene rings is 2. The Morgan fingerprint density at radius 1 is 1.00 bits per heavy atom. The van der Waals surface area contributed by atoms with Gasteiger partial charge in [0.1, 0.15) is 11.5 Å². The molecule has 1 aromatic heterocycles. The summed E-state index contributed by atoms with van der Waals surface area (Å²) in [5.74, 6) is 1.18. The third kappa shape index (κ3) is 4.24. The molecule has 0 spiro atoms. The summed E-state index contributed by atoms with van der Waals surface area (Å²) in [5.41, 5.74) is 1.22. The molecule has 0 unspecified atom stereocenters. The van der Waals surface area contributed by atoms with E-state index in [1.807, 2.05) is 6.07 Å². The maximum absolute atomic E-state index is 12.4. The summed E-state index contributed by atoms with van der Waals surface area (Å²) < 4.78 is 6.53. The van der Waals surface area contributed by atoms with Crippen molar-refractivity contribution in [2.24, 2.45) is 0 Å². The summed E-state index contributed by atoms with van der Waals surface area (Å²) >= 11 is 8.07. The van der Waals surface area contributed by atoms with Gasteiger partial charge in [-0.25, -0.2) is 0 Å². The van der Waals surface area contributed by atoms with Crippen LogP contribution < -0.4 is 10.1 Å². The van der Waals surface area contributed by atoms with E-state index in [1.165, 1.54) is 0 Å². The summed E-state index contributed by atoms with van der Waals surface area (Å²) in [7, 11) is 0. The lowest BCUT2D eigenvalue weighted by Gasteiger charge is -2.09. The fraction of sp³-hybridized carbons (Fsp3) is 0. The third-order valence-electron chi connectivity index (χ3n) is 3.17. The maximum atomic E-state index is 12.4. The summed E-state index contributed by atoms with van der Waals surface area (Å²) in [5, 5.41) is 3.38. The van der Waals surface area contributed by atoms with E-state index in [2.05, 4.69) is 32.9 Å². The van der Waals surface area contributed by atoms with Crippen LogP contribution in [0.2, 0.25) is 5.02 Å². The molecule has 1 heterocycles. The number of pyridine rings is 1. The highest BCUT2D eigenvalue weighted by molar-refractivity contribution is 14.1. The van der Waals surface area contributed by atoms with E-state index in [0.717, 1.165) is 3.57 Å². The summed E-state index contributed by atoms with van der Waals surface area (Å²) in [6.07, 6.45) is 3.33. The van der Waals surface area contributed by atoms with Crippen molar-refractivity contribution < 1.29 is 9.53 Å². The fourth-order valence-electron chi connectivity index (χ4n) is 2.02. The van der Waals surface area contributed by atoms with Gasteiger partial charge in [0.2, 0.25) is 0 Å². The number of amides is 1. The molecule has 0 radical (unpaired) electrons. The molecule has 3 rings (SSSR count). The van der Waals surface area contributed by atoms with Gasteiger partial charge >= 0.3 is 0 Å². The molecule has 2 aromatic carbocycles. The van der Waals surface area contributed by atoms with Crippen LogP contribution in [-0.4, -0.2) is 10.9 Å². The van der Waals surface area contributed by atoms with Gasteiger partial charge in [0, 0.05) is 26.7 Å². The number of hydrogen-bond acceptors (Lipinski definition) is 3. The highest BCUT2D eigenvalue weighted by atomic mass is 127. The van der Waals surface area contributed by atoms with Crippen molar-refractivity contribution in [3.05, 3.63) is 81.1 Å². The number of nitrogens with one attached hydrogen (secondary N) is 1. The first-order valence-corrected chi connectivity index (χ1v) is 8.52. The molecule has 120 valence electrons. The molecule has 0 aliphatic heterocycles. The van der Waals surface area contributed by atoms with Gasteiger partial charge in [0.25, 0.3) is 5.91 Å². The molecule has 0 bridgehead atoms. The second-order valence-electron chi connectivity index (χ2n) is 4.89. The van der Waals surface area contributed by atoms with Crippen molar-refractivity contribution in [3.63, 3.8) is 0 Å². The fourth-order valence-corrected chi connectivity index (χ4v) is 2.77. The monoisotopic (exact) mass is 450 g/mol. The summed E-state index contributed by atoms with van der Waals surface area (Å²) in [4.78, 5) is 16.3. The van der Waals surface area contributed by atoms with Crippen molar-refractivity contribution in [2.45, 2.75) is 0 Å². The molecular weight excluding hydrogens is 439 g/mol. The number of rotatable bonds is 4. The van der Waals surface area contributed by atoms with Crippen molar-refractivity contribution in [2.75, 3.05) is 5.32 Å². The molecule has 3 aromatic rings. The van der Waals surface area contributed by atoms with E-state index >= 15 is 0 Å². The van der Waals surface area contributed by atoms with E-state index in [0.29, 0.717) is 27.8 Å². The first-order chi connectivity index (χ1) is 11.6. The standard InChI is InChI=1S/C18H12ClIN2O2/c19-12-1-6-17(20)16(11-12)18(23)22-13-2-4-14(5-3-13)24-15-7-9-21-10-8-15/h1-11H,(H,22,23). The predicted molar refractivity (Wildman–Crippen MR) is 103 cm³/mol. The van der Waals surface area contributed by atoms with Crippen LogP contribution in [0.5, 0.6) is 11.5 Å². The van der Waals surface area contributed by atoms with E-state index in [-0.39, 0.29) is 5.91 Å². The Morgan fingerprint density at radius 2 is 1.67 bits per heavy atom. The van der Waals surface area contributed by atoms with Crippen LogP contribution in [0.15, 0.2) is 67.0 Å². The lowest BCUT2D eigenvalue weighted by Crippen LogP contribution is -2.13. The van der Waals surface area contributed by atoms with E-state index < -0.39 is 0 Å². The van der Waals surface area contributed by atoms with Crippen molar-refractivity contribution >= 4 is 45.8 Å². The number of aromatic nitrogens is 1. The molecule has 24 heavy (non-hydrogen) atoms. The van der Waals surface area contributed by atoms with Gasteiger partial charge < -0.3 is 10.1 Å². The van der Waals surface area contributed by atoms with E-state index in [4.69, 9.17) is 16.3 Å². The van der Waals surface area contributed by atoms with Gasteiger partial charge in [-0.05, 0) is 77.2 Å². The molecule has 1 amide bonds. The highest BCUT2D eigenvalue weighted by Gasteiger charge is 2.11. The Bertz CT molecular complexity index is 855. The predicted octanol–water partition coefficient (Wildman–Crippen LogP) is 5.38. The van der Waals surface area contributed by atoms with Gasteiger partial charge in [-0.3, -0.25) is 9.78 Å². The molecule has 0 aliphatic rings.